The Labute approximate surface area is 117 Å². The van der Waals surface area contributed by atoms with E-state index in [0.717, 1.165) is 4.90 Å². The average Bonchev–Trinajstić information content (AvgIpc) is 2.63. The van der Waals surface area contributed by atoms with E-state index < -0.39 is 36.0 Å². The molecular weight excluding hydrogens is 269 g/mol. The Morgan fingerprint density at radius 2 is 2.05 bits per heavy atom. The van der Waals surface area contributed by atoms with E-state index in [9.17, 15) is 19.1 Å². The zero-order chi connectivity index (χ0) is 15.6. The number of carboxylic acids is 1. The number of halogens is 1. The first-order chi connectivity index (χ1) is 9.10. The predicted octanol–water partition coefficient (Wildman–Crippen LogP) is 1.83. The van der Waals surface area contributed by atoms with Crippen molar-refractivity contribution >= 4 is 12.1 Å². The van der Waals surface area contributed by atoms with Crippen molar-refractivity contribution in [2.75, 3.05) is 19.8 Å². The van der Waals surface area contributed by atoms with Crippen LogP contribution in [0.2, 0.25) is 0 Å². The van der Waals surface area contributed by atoms with E-state index in [4.69, 9.17) is 9.47 Å². The predicted molar refractivity (Wildman–Crippen MR) is 69.3 cm³/mol. The molecule has 0 saturated carbocycles. The van der Waals surface area contributed by atoms with Gasteiger partial charge in [-0.1, -0.05) is 0 Å². The molecule has 2 unspecified atom stereocenters. The van der Waals surface area contributed by atoms with Crippen LogP contribution >= 0.6 is 0 Å². The number of hydrogen-bond donors (Lipinski definition) is 1. The molecule has 20 heavy (non-hydrogen) atoms. The minimum atomic E-state index is -1.40. The smallest absolute Gasteiger partial charge is 0.411 e. The molecule has 0 bridgehead atoms. The Morgan fingerprint density at radius 3 is 2.50 bits per heavy atom. The minimum absolute atomic E-state index is 0.0811. The van der Waals surface area contributed by atoms with Gasteiger partial charge in [0.25, 0.3) is 0 Å². The number of aliphatic carboxylic acids is 1. The quantitative estimate of drug-likeness (QED) is 0.855. The Balaban J connectivity index is 2.85. The van der Waals surface area contributed by atoms with E-state index in [1.165, 1.54) is 6.92 Å². The van der Waals surface area contributed by atoms with Gasteiger partial charge in [-0.15, -0.1) is 0 Å². The highest BCUT2D eigenvalue weighted by molar-refractivity contribution is 5.85. The normalized spacial score (nSPS) is 26.6. The van der Waals surface area contributed by atoms with E-state index in [-0.39, 0.29) is 19.6 Å². The summed E-state index contributed by atoms with van der Waals surface area (Å²) in [5, 5.41) is 9.35. The number of alkyl halides is 1. The summed E-state index contributed by atoms with van der Waals surface area (Å²) in [6, 6.07) is 0. The number of rotatable bonds is 4. The standard InChI is InChI=1S/C13H22FNO5/c1-12(2,3)20-11(18)15-8-9(19-6-5-14)7-13(15,4)10(16)17/h9H,5-8H2,1-4H3,(H,16,17). The SMILES string of the molecule is CC(C)(C)OC(=O)N1CC(OCCF)CC1(C)C(=O)O. The summed E-state index contributed by atoms with van der Waals surface area (Å²) in [5.74, 6) is -1.13. The molecule has 1 N–H and O–H groups in total. The van der Waals surface area contributed by atoms with Gasteiger partial charge in [-0.3, -0.25) is 4.90 Å². The van der Waals surface area contributed by atoms with Crippen LogP contribution in [-0.4, -0.2) is 59.1 Å². The number of carboxylic acid groups (broad SMARTS) is 1. The maximum atomic E-state index is 12.1. The Hall–Kier alpha value is -1.37. The van der Waals surface area contributed by atoms with Gasteiger partial charge in [0.05, 0.1) is 19.3 Å². The van der Waals surface area contributed by atoms with E-state index in [2.05, 4.69) is 0 Å². The maximum absolute atomic E-state index is 12.1. The molecule has 1 saturated heterocycles. The van der Waals surface area contributed by atoms with Crippen LogP contribution in [0.5, 0.6) is 0 Å². The summed E-state index contributed by atoms with van der Waals surface area (Å²) in [6.45, 7) is 5.88. The van der Waals surface area contributed by atoms with Gasteiger partial charge in [0.15, 0.2) is 0 Å². The summed E-state index contributed by atoms with van der Waals surface area (Å²) in [6.07, 6.45) is -1.09. The fourth-order valence-electron chi connectivity index (χ4n) is 2.14. The Bertz CT molecular complexity index is 381. The highest BCUT2D eigenvalue weighted by atomic mass is 19.1. The van der Waals surface area contributed by atoms with Crippen LogP contribution < -0.4 is 0 Å². The first-order valence-electron chi connectivity index (χ1n) is 6.52. The van der Waals surface area contributed by atoms with Gasteiger partial charge >= 0.3 is 12.1 Å². The summed E-state index contributed by atoms with van der Waals surface area (Å²) < 4.78 is 22.6. The van der Waals surface area contributed by atoms with Gasteiger partial charge in [0.2, 0.25) is 0 Å². The van der Waals surface area contributed by atoms with E-state index >= 15 is 0 Å². The van der Waals surface area contributed by atoms with Crippen molar-refractivity contribution in [3.63, 3.8) is 0 Å². The molecule has 0 radical (unpaired) electrons. The molecule has 1 aliphatic heterocycles. The molecule has 1 aliphatic rings. The van der Waals surface area contributed by atoms with Crippen LogP contribution in [0, 0.1) is 0 Å². The van der Waals surface area contributed by atoms with Crippen LogP contribution in [-0.2, 0) is 14.3 Å². The van der Waals surface area contributed by atoms with Crippen LogP contribution in [0.15, 0.2) is 0 Å². The highest BCUT2D eigenvalue weighted by Crippen LogP contribution is 2.32. The van der Waals surface area contributed by atoms with Crippen LogP contribution in [0.25, 0.3) is 0 Å². The number of carbonyl (C=O) groups is 2. The molecule has 1 rings (SSSR count). The summed E-state index contributed by atoms with van der Waals surface area (Å²) in [7, 11) is 0. The molecular formula is C13H22FNO5. The van der Waals surface area contributed by atoms with Crippen LogP contribution in [0.1, 0.15) is 34.1 Å². The lowest BCUT2D eigenvalue weighted by atomic mass is 9.99. The molecule has 6 nitrogen and oxygen atoms in total. The lowest BCUT2D eigenvalue weighted by Crippen LogP contribution is -2.52. The van der Waals surface area contributed by atoms with Gasteiger partial charge in [0.1, 0.15) is 17.8 Å². The van der Waals surface area contributed by atoms with Gasteiger partial charge in [-0.25, -0.2) is 14.0 Å². The molecule has 0 spiro atoms. The van der Waals surface area contributed by atoms with Crippen molar-refractivity contribution in [3.8, 4) is 0 Å². The second-order valence-electron chi connectivity index (χ2n) is 6.06. The molecule has 1 heterocycles. The number of carbonyl (C=O) groups excluding carboxylic acids is 1. The fraction of sp³-hybridized carbons (Fsp3) is 0.846. The van der Waals surface area contributed by atoms with E-state index in [1.807, 2.05) is 0 Å². The van der Waals surface area contributed by atoms with Crippen LogP contribution in [0.3, 0.4) is 0 Å². The Morgan fingerprint density at radius 1 is 1.45 bits per heavy atom. The third kappa shape index (κ3) is 3.82. The third-order valence-corrected chi connectivity index (χ3v) is 3.11. The number of likely N-dealkylation sites (tertiary alicyclic amines) is 1. The van der Waals surface area contributed by atoms with Crippen molar-refractivity contribution in [1.82, 2.24) is 4.90 Å². The molecule has 1 fully saturated rings. The van der Waals surface area contributed by atoms with Crippen molar-refractivity contribution < 1.29 is 28.6 Å². The molecule has 0 aromatic rings. The first-order valence-corrected chi connectivity index (χ1v) is 6.52. The topological polar surface area (TPSA) is 76.1 Å². The van der Waals surface area contributed by atoms with Crippen molar-refractivity contribution in [1.29, 1.82) is 0 Å². The number of nitrogens with zero attached hydrogens (tertiary/aromatic N) is 1. The van der Waals surface area contributed by atoms with Crippen molar-refractivity contribution in [3.05, 3.63) is 0 Å². The monoisotopic (exact) mass is 291 g/mol. The molecule has 7 heteroatoms. The lowest BCUT2D eigenvalue weighted by molar-refractivity contribution is -0.148. The van der Waals surface area contributed by atoms with Crippen LogP contribution in [0.4, 0.5) is 9.18 Å². The first kappa shape index (κ1) is 16.7. The highest BCUT2D eigenvalue weighted by Gasteiger charge is 2.51. The maximum Gasteiger partial charge on any atom is 0.411 e. The van der Waals surface area contributed by atoms with E-state index in [0.29, 0.717) is 0 Å². The number of hydrogen-bond acceptors (Lipinski definition) is 4. The number of amides is 1. The van der Waals surface area contributed by atoms with Gasteiger partial charge < -0.3 is 14.6 Å². The average molecular weight is 291 g/mol. The molecule has 0 aromatic heterocycles. The molecule has 116 valence electrons. The summed E-state index contributed by atoms with van der Waals surface area (Å²) in [4.78, 5) is 24.7. The second kappa shape index (κ2) is 5.95. The molecule has 0 aliphatic carbocycles. The summed E-state index contributed by atoms with van der Waals surface area (Å²) in [5.41, 5.74) is -2.11. The zero-order valence-corrected chi connectivity index (χ0v) is 12.3. The molecule has 1 amide bonds. The summed E-state index contributed by atoms with van der Waals surface area (Å²) >= 11 is 0. The fourth-order valence-corrected chi connectivity index (χ4v) is 2.14. The van der Waals surface area contributed by atoms with Crippen molar-refractivity contribution in [2.24, 2.45) is 0 Å². The van der Waals surface area contributed by atoms with Gasteiger partial charge in [-0.05, 0) is 27.7 Å². The molecule has 0 aromatic carbocycles. The zero-order valence-electron chi connectivity index (χ0n) is 12.3. The van der Waals surface area contributed by atoms with Crippen molar-refractivity contribution in [2.45, 2.75) is 51.4 Å². The largest absolute Gasteiger partial charge is 0.480 e. The van der Waals surface area contributed by atoms with E-state index in [1.54, 1.807) is 20.8 Å². The Kier molecular flexibility index (Phi) is 4.96. The lowest BCUT2D eigenvalue weighted by Gasteiger charge is -2.32. The van der Waals surface area contributed by atoms with Gasteiger partial charge in [0, 0.05) is 6.42 Å². The minimum Gasteiger partial charge on any atom is -0.480 e. The van der Waals surface area contributed by atoms with Gasteiger partial charge in [-0.2, -0.15) is 0 Å². The third-order valence-electron chi connectivity index (χ3n) is 3.11. The second-order valence-corrected chi connectivity index (χ2v) is 6.06. The number of ether oxygens (including phenoxy) is 2. The molecule has 2 atom stereocenters.